The van der Waals surface area contributed by atoms with Gasteiger partial charge < -0.3 is 4.74 Å². The minimum absolute atomic E-state index is 0.326. The van der Waals surface area contributed by atoms with Gasteiger partial charge in [-0.15, -0.1) is 0 Å². The molecule has 1 aliphatic rings. The molecule has 3 heteroatoms. The van der Waals surface area contributed by atoms with Crippen LogP contribution in [-0.2, 0) is 4.74 Å². The van der Waals surface area contributed by atoms with E-state index in [2.05, 4.69) is 17.1 Å². The van der Waals surface area contributed by atoms with Crippen molar-refractivity contribution in [1.82, 2.24) is 4.98 Å². The smallest absolute Gasteiger partial charge is 0.339 e. The van der Waals surface area contributed by atoms with Crippen molar-refractivity contribution in [2.24, 2.45) is 0 Å². The van der Waals surface area contributed by atoms with Crippen molar-refractivity contribution in [3.05, 3.63) is 101 Å². The molecule has 3 aromatic carbocycles. The van der Waals surface area contributed by atoms with Gasteiger partial charge in [-0.3, -0.25) is 4.98 Å². The van der Waals surface area contributed by atoms with Crippen LogP contribution in [0.4, 0.5) is 0 Å². The monoisotopic (exact) mass is 351 g/mol. The predicted octanol–water partition coefficient (Wildman–Crippen LogP) is 5.47. The first-order chi connectivity index (χ1) is 13.2. The molecule has 0 fully saturated rings. The molecule has 1 aromatic heterocycles. The second-order valence-electron chi connectivity index (χ2n) is 6.79. The number of benzene rings is 3. The van der Waals surface area contributed by atoms with Crippen LogP contribution < -0.4 is 0 Å². The zero-order valence-electron chi connectivity index (χ0n) is 14.8. The summed E-state index contributed by atoms with van der Waals surface area (Å²) >= 11 is 0. The van der Waals surface area contributed by atoms with Crippen molar-refractivity contribution in [3.8, 4) is 11.1 Å². The second kappa shape index (κ2) is 6.06. The molecule has 0 unspecified atom stereocenters. The fourth-order valence-electron chi connectivity index (χ4n) is 3.88. The van der Waals surface area contributed by atoms with Crippen molar-refractivity contribution in [2.75, 3.05) is 0 Å². The fraction of sp³-hybridized carbons (Fsp3) is 0.0833. The zero-order chi connectivity index (χ0) is 18.4. The Hall–Kier alpha value is -3.46. The van der Waals surface area contributed by atoms with E-state index < -0.39 is 6.10 Å². The number of nitrogens with zero attached hydrogens (tertiary/aromatic N) is 1. The molecular weight excluding hydrogens is 334 g/mol. The van der Waals surface area contributed by atoms with E-state index in [0.29, 0.717) is 5.56 Å². The number of hydrogen-bond donors (Lipinski definition) is 0. The average molecular weight is 351 g/mol. The Labute approximate surface area is 157 Å². The molecule has 0 spiro atoms. The van der Waals surface area contributed by atoms with Crippen molar-refractivity contribution in [2.45, 2.75) is 13.0 Å². The third-order valence-corrected chi connectivity index (χ3v) is 5.07. The summed E-state index contributed by atoms with van der Waals surface area (Å²) in [7, 11) is 0. The molecule has 0 amide bonds. The van der Waals surface area contributed by atoms with E-state index in [1.54, 1.807) is 6.07 Å². The van der Waals surface area contributed by atoms with Crippen LogP contribution in [0.1, 0.15) is 33.3 Å². The van der Waals surface area contributed by atoms with Crippen LogP contribution in [0, 0.1) is 6.92 Å². The van der Waals surface area contributed by atoms with Crippen molar-refractivity contribution < 1.29 is 9.53 Å². The molecule has 0 atom stereocenters. The van der Waals surface area contributed by atoms with Gasteiger partial charge in [-0.25, -0.2) is 4.79 Å². The van der Waals surface area contributed by atoms with Gasteiger partial charge >= 0.3 is 5.97 Å². The van der Waals surface area contributed by atoms with Crippen molar-refractivity contribution >= 4 is 16.9 Å². The third-order valence-electron chi connectivity index (χ3n) is 5.07. The molecule has 130 valence electrons. The number of fused-ring (bicyclic) bond motifs is 4. The SMILES string of the molecule is Cc1cc(C(=O)OC2c3ccccc3-c3ccccc32)c2ccccc2n1. The van der Waals surface area contributed by atoms with Gasteiger partial charge in [0.15, 0.2) is 6.10 Å². The molecular formula is C24H17NO2. The van der Waals surface area contributed by atoms with Crippen molar-refractivity contribution in [3.63, 3.8) is 0 Å². The maximum atomic E-state index is 13.1. The molecule has 27 heavy (non-hydrogen) atoms. The highest BCUT2D eigenvalue weighted by molar-refractivity contribution is 6.03. The molecule has 0 saturated carbocycles. The van der Waals surface area contributed by atoms with E-state index in [-0.39, 0.29) is 5.97 Å². The first-order valence-corrected chi connectivity index (χ1v) is 8.98. The van der Waals surface area contributed by atoms with Crippen LogP contribution in [-0.4, -0.2) is 11.0 Å². The summed E-state index contributed by atoms with van der Waals surface area (Å²) < 4.78 is 6.05. The summed E-state index contributed by atoms with van der Waals surface area (Å²) in [5.74, 6) is -0.326. The van der Waals surface area contributed by atoms with Gasteiger partial charge in [-0.2, -0.15) is 0 Å². The first kappa shape index (κ1) is 15.8. The minimum Gasteiger partial charge on any atom is -0.449 e. The highest BCUT2D eigenvalue weighted by Gasteiger charge is 2.31. The van der Waals surface area contributed by atoms with E-state index in [4.69, 9.17) is 4.74 Å². The summed E-state index contributed by atoms with van der Waals surface area (Å²) in [4.78, 5) is 17.7. The largest absolute Gasteiger partial charge is 0.449 e. The number of carbonyl (C=O) groups is 1. The fourth-order valence-corrected chi connectivity index (χ4v) is 3.88. The van der Waals surface area contributed by atoms with Crippen LogP contribution >= 0.6 is 0 Å². The molecule has 4 aromatic rings. The summed E-state index contributed by atoms with van der Waals surface area (Å²) in [6.45, 7) is 1.89. The Balaban J connectivity index is 1.60. The molecule has 0 aliphatic heterocycles. The summed E-state index contributed by atoms with van der Waals surface area (Å²) in [6, 6.07) is 25.7. The van der Waals surface area contributed by atoms with Crippen molar-refractivity contribution in [1.29, 1.82) is 0 Å². The lowest BCUT2D eigenvalue weighted by Crippen LogP contribution is -2.12. The van der Waals surface area contributed by atoms with Gasteiger partial charge in [0.25, 0.3) is 0 Å². The number of pyridine rings is 1. The number of ether oxygens (including phenoxy) is 1. The highest BCUT2D eigenvalue weighted by Crippen LogP contribution is 2.45. The maximum absolute atomic E-state index is 13.1. The summed E-state index contributed by atoms with van der Waals surface area (Å²) in [6.07, 6.45) is -0.392. The summed E-state index contributed by atoms with van der Waals surface area (Å²) in [5.41, 5.74) is 6.47. The van der Waals surface area contributed by atoms with E-state index in [1.165, 1.54) is 0 Å². The zero-order valence-corrected chi connectivity index (χ0v) is 14.8. The van der Waals surface area contributed by atoms with E-state index in [1.807, 2.05) is 67.6 Å². The van der Waals surface area contributed by atoms with Gasteiger partial charge in [0.1, 0.15) is 0 Å². The van der Waals surface area contributed by atoms with E-state index >= 15 is 0 Å². The topological polar surface area (TPSA) is 39.2 Å². The van der Waals surface area contributed by atoms with Crippen LogP contribution in [0.2, 0.25) is 0 Å². The van der Waals surface area contributed by atoms with Gasteiger partial charge in [-0.1, -0.05) is 66.7 Å². The lowest BCUT2D eigenvalue weighted by Gasteiger charge is -2.16. The third kappa shape index (κ3) is 2.51. The lowest BCUT2D eigenvalue weighted by molar-refractivity contribution is 0.0388. The number of esters is 1. The van der Waals surface area contributed by atoms with Gasteiger partial charge in [0, 0.05) is 22.2 Å². The Morgan fingerprint density at radius 1 is 0.852 bits per heavy atom. The Morgan fingerprint density at radius 2 is 1.44 bits per heavy atom. The van der Waals surface area contributed by atoms with Gasteiger partial charge in [0.2, 0.25) is 0 Å². The minimum atomic E-state index is -0.392. The normalized spacial score (nSPS) is 12.6. The Bertz CT molecular complexity index is 1150. The van der Waals surface area contributed by atoms with E-state index in [0.717, 1.165) is 38.9 Å². The molecule has 5 rings (SSSR count). The quantitative estimate of drug-likeness (QED) is 0.450. The second-order valence-corrected chi connectivity index (χ2v) is 6.79. The highest BCUT2D eigenvalue weighted by atomic mass is 16.5. The Morgan fingerprint density at radius 3 is 2.15 bits per heavy atom. The van der Waals surface area contributed by atoms with Crippen LogP contribution in [0.25, 0.3) is 22.0 Å². The van der Waals surface area contributed by atoms with Crippen LogP contribution in [0.3, 0.4) is 0 Å². The standard InChI is InChI=1S/C24H17NO2/c1-15-14-21(18-10-6-7-13-22(18)25-15)24(26)27-23-19-11-4-2-8-16(19)17-9-3-5-12-20(17)23/h2-14,23H,1H3. The number of hydrogen-bond acceptors (Lipinski definition) is 3. The Kier molecular flexibility index (Phi) is 3.54. The molecule has 1 heterocycles. The molecule has 0 N–H and O–H groups in total. The number of carbonyl (C=O) groups excluding carboxylic acids is 1. The number of aryl methyl sites for hydroxylation is 1. The summed E-state index contributed by atoms with van der Waals surface area (Å²) in [5, 5.41) is 0.813. The number of para-hydroxylation sites is 1. The van der Waals surface area contributed by atoms with Gasteiger partial charge in [-0.05, 0) is 30.2 Å². The molecule has 1 aliphatic carbocycles. The number of rotatable bonds is 2. The molecule has 0 saturated heterocycles. The van der Waals surface area contributed by atoms with E-state index in [9.17, 15) is 4.79 Å². The molecule has 0 bridgehead atoms. The number of aromatic nitrogens is 1. The lowest BCUT2D eigenvalue weighted by atomic mass is 10.1. The average Bonchev–Trinajstić information content (AvgIpc) is 3.01. The predicted molar refractivity (Wildman–Crippen MR) is 106 cm³/mol. The maximum Gasteiger partial charge on any atom is 0.339 e. The van der Waals surface area contributed by atoms with Gasteiger partial charge in [0.05, 0.1) is 11.1 Å². The van der Waals surface area contributed by atoms with Crippen LogP contribution in [0.5, 0.6) is 0 Å². The molecule has 3 nitrogen and oxygen atoms in total. The van der Waals surface area contributed by atoms with Crippen LogP contribution in [0.15, 0.2) is 78.9 Å². The first-order valence-electron chi connectivity index (χ1n) is 8.98. The molecule has 0 radical (unpaired) electrons.